The maximum absolute atomic E-state index is 5.63. The second-order valence-corrected chi connectivity index (χ2v) is 5.08. The fraction of sp³-hybridized carbons (Fsp3) is 0.200. The van der Waals surface area contributed by atoms with Crippen molar-refractivity contribution in [2.75, 3.05) is 5.32 Å². The molecule has 1 aliphatic carbocycles. The molecule has 4 nitrogen and oxygen atoms in total. The molecule has 0 aliphatic heterocycles. The third-order valence-corrected chi connectivity index (χ3v) is 3.09. The van der Waals surface area contributed by atoms with Crippen molar-refractivity contribution in [2.45, 2.75) is 18.9 Å². The van der Waals surface area contributed by atoms with Crippen LogP contribution in [0.1, 0.15) is 12.8 Å². The lowest BCUT2D eigenvalue weighted by Gasteiger charge is -2.10. The van der Waals surface area contributed by atoms with Crippen molar-refractivity contribution in [1.29, 1.82) is 0 Å². The summed E-state index contributed by atoms with van der Waals surface area (Å²) in [6, 6.07) is 13.8. The minimum atomic E-state index is 0.545. The monoisotopic (exact) mass is 285 g/mol. The fourth-order valence-corrected chi connectivity index (χ4v) is 1.99. The minimum absolute atomic E-state index is 0.545. The Morgan fingerprint density at radius 2 is 1.95 bits per heavy atom. The summed E-state index contributed by atoms with van der Waals surface area (Å²) in [6.45, 7) is 0. The number of nitrogens with zero attached hydrogens (tertiary/aromatic N) is 1. The molecule has 1 aliphatic rings. The molecule has 102 valence electrons. The standard InChI is InChI=1S/C15H15N3OS/c20-15(17-11-6-7-11)18-12-8-9-14(16-10-12)19-13-4-2-1-3-5-13/h1-5,8-11H,6-7H2,(H2,17,18,20). The molecule has 2 aromatic rings. The maximum atomic E-state index is 5.63. The van der Waals surface area contributed by atoms with Crippen LogP contribution in [0.2, 0.25) is 0 Å². The molecule has 2 N–H and O–H groups in total. The summed E-state index contributed by atoms with van der Waals surface area (Å²) in [5.74, 6) is 1.33. The van der Waals surface area contributed by atoms with Crippen LogP contribution >= 0.6 is 12.2 Å². The van der Waals surface area contributed by atoms with Gasteiger partial charge in [0, 0.05) is 12.1 Å². The average molecular weight is 285 g/mol. The first-order valence-corrected chi connectivity index (χ1v) is 6.97. The average Bonchev–Trinajstić information content (AvgIpc) is 3.26. The summed E-state index contributed by atoms with van der Waals surface area (Å²) in [5, 5.41) is 6.97. The summed E-state index contributed by atoms with van der Waals surface area (Å²) in [6.07, 6.45) is 4.10. The van der Waals surface area contributed by atoms with Crippen LogP contribution in [0.4, 0.5) is 5.69 Å². The lowest BCUT2D eigenvalue weighted by Crippen LogP contribution is -2.30. The van der Waals surface area contributed by atoms with E-state index in [2.05, 4.69) is 15.6 Å². The molecule has 1 fully saturated rings. The van der Waals surface area contributed by atoms with Crippen molar-refractivity contribution in [2.24, 2.45) is 0 Å². The molecule has 0 unspecified atom stereocenters. The molecule has 0 spiro atoms. The molecule has 1 heterocycles. The normalized spacial score (nSPS) is 13.6. The number of thiocarbonyl (C=S) groups is 1. The van der Waals surface area contributed by atoms with Gasteiger partial charge < -0.3 is 15.4 Å². The summed E-state index contributed by atoms with van der Waals surface area (Å²) >= 11 is 5.21. The molecular formula is C15H15N3OS. The summed E-state index contributed by atoms with van der Waals surface area (Å²) < 4.78 is 5.63. The van der Waals surface area contributed by atoms with Crippen molar-refractivity contribution < 1.29 is 4.74 Å². The van der Waals surface area contributed by atoms with E-state index in [4.69, 9.17) is 17.0 Å². The van der Waals surface area contributed by atoms with Crippen LogP contribution in [-0.2, 0) is 0 Å². The van der Waals surface area contributed by atoms with Gasteiger partial charge in [-0.05, 0) is 43.3 Å². The number of aromatic nitrogens is 1. The van der Waals surface area contributed by atoms with Gasteiger partial charge in [-0.3, -0.25) is 0 Å². The van der Waals surface area contributed by atoms with Gasteiger partial charge in [0.25, 0.3) is 0 Å². The molecular weight excluding hydrogens is 270 g/mol. The largest absolute Gasteiger partial charge is 0.439 e. The Morgan fingerprint density at radius 1 is 1.15 bits per heavy atom. The fourth-order valence-electron chi connectivity index (χ4n) is 1.70. The maximum Gasteiger partial charge on any atom is 0.219 e. The Kier molecular flexibility index (Phi) is 3.78. The molecule has 20 heavy (non-hydrogen) atoms. The van der Waals surface area contributed by atoms with Crippen LogP contribution in [0, 0.1) is 0 Å². The van der Waals surface area contributed by atoms with Gasteiger partial charge in [0.1, 0.15) is 5.75 Å². The Morgan fingerprint density at radius 3 is 2.60 bits per heavy atom. The number of hydrogen-bond donors (Lipinski definition) is 2. The SMILES string of the molecule is S=C(Nc1ccc(Oc2ccccc2)nc1)NC1CC1. The molecule has 0 bridgehead atoms. The highest BCUT2D eigenvalue weighted by Crippen LogP contribution is 2.21. The smallest absolute Gasteiger partial charge is 0.219 e. The van der Waals surface area contributed by atoms with Gasteiger partial charge in [-0.1, -0.05) is 18.2 Å². The molecule has 0 saturated heterocycles. The topological polar surface area (TPSA) is 46.2 Å². The molecule has 0 radical (unpaired) electrons. The van der Waals surface area contributed by atoms with Crippen LogP contribution in [0.3, 0.4) is 0 Å². The van der Waals surface area contributed by atoms with Crippen LogP contribution < -0.4 is 15.4 Å². The molecule has 0 atom stereocenters. The van der Waals surface area contributed by atoms with Gasteiger partial charge in [-0.2, -0.15) is 0 Å². The van der Waals surface area contributed by atoms with E-state index >= 15 is 0 Å². The molecule has 0 amide bonds. The number of rotatable bonds is 4. The van der Waals surface area contributed by atoms with Crippen LogP contribution in [0.25, 0.3) is 0 Å². The highest BCUT2D eigenvalue weighted by atomic mass is 32.1. The highest BCUT2D eigenvalue weighted by Gasteiger charge is 2.21. The van der Waals surface area contributed by atoms with E-state index in [-0.39, 0.29) is 0 Å². The first-order chi connectivity index (χ1) is 9.79. The molecule has 1 saturated carbocycles. The summed E-state index contributed by atoms with van der Waals surface area (Å²) in [7, 11) is 0. The zero-order valence-electron chi connectivity index (χ0n) is 10.9. The van der Waals surface area contributed by atoms with Crippen molar-refractivity contribution in [3.8, 4) is 11.6 Å². The van der Waals surface area contributed by atoms with E-state index in [0.717, 1.165) is 11.4 Å². The van der Waals surface area contributed by atoms with Crippen molar-refractivity contribution in [1.82, 2.24) is 10.3 Å². The van der Waals surface area contributed by atoms with E-state index in [9.17, 15) is 0 Å². The third-order valence-electron chi connectivity index (χ3n) is 2.87. The zero-order chi connectivity index (χ0) is 13.8. The van der Waals surface area contributed by atoms with Gasteiger partial charge >= 0.3 is 0 Å². The number of pyridine rings is 1. The second-order valence-electron chi connectivity index (χ2n) is 4.67. The van der Waals surface area contributed by atoms with E-state index in [1.807, 2.05) is 42.5 Å². The van der Waals surface area contributed by atoms with Crippen LogP contribution in [0.5, 0.6) is 11.6 Å². The number of para-hydroxylation sites is 1. The van der Waals surface area contributed by atoms with Crippen molar-refractivity contribution in [3.63, 3.8) is 0 Å². The highest BCUT2D eigenvalue weighted by molar-refractivity contribution is 7.80. The number of benzene rings is 1. The molecule has 1 aromatic carbocycles. The second kappa shape index (κ2) is 5.88. The van der Waals surface area contributed by atoms with Gasteiger partial charge in [-0.25, -0.2) is 4.98 Å². The van der Waals surface area contributed by atoms with Gasteiger partial charge in [0.05, 0.1) is 11.9 Å². The number of hydrogen-bond acceptors (Lipinski definition) is 3. The lowest BCUT2D eigenvalue weighted by atomic mass is 10.3. The van der Waals surface area contributed by atoms with E-state index in [1.54, 1.807) is 6.20 Å². The molecule has 5 heteroatoms. The van der Waals surface area contributed by atoms with Gasteiger partial charge in [-0.15, -0.1) is 0 Å². The van der Waals surface area contributed by atoms with Crippen molar-refractivity contribution in [3.05, 3.63) is 48.7 Å². The quantitative estimate of drug-likeness (QED) is 0.844. The van der Waals surface area contributed by atoms with Crippen LogP contribution in [-0.4, -0.2) is 16.1 Å². The van der Waals surface area contributed by atoms with E-state index in [1.165, 1.54) is 12.8 Å². The first kappa shape index (κ1) is 12.9. The van der Waals surface area contributed by atoms with Gasteiger partial charge in [0.2, 0.25) is 5.88 Å². The first-order valence-electron chi connectivity index (χ1n) is 6.56. The number of anilines is 1. The minimum Gasteiger partial charge on any atom is -0.439 e. The molecule has 1 aromatic heterocycles. The van der Waals surface area contributed by atoms with Crippen LogP contribution in [0.15, 0.2) is 48.7 Å². The van der Waals surface area contributed by atoms with E-state index < -0.39 is 0 Å². The summed E-state index contributed by atoms with van der Waals surface area (Å²) in [5.41, 5.74) is 0.851. The van der Waals surface area contributed by atoms with Gasteiger partial charge in [0.15, 0.2) is 5.11 Å². The Labute approximate surface area is 123 Å². The summed E-state index contributed by atoms with van der Waals surface area (Å²) in [4.78, 5) is 4.25. The predicted octanol–water partition coefficient (Wildman–Crippen LogP) is 3.32. The number of ether oxygens (including phenoxy) is 1. The molecule has 3 rings (SSSR count). The Balaban J connectivity index is 1.57. The number of nitrogens with one attached hydrogen (secondary N) is 2. The van der Waals surface area contributed by atoms with E-state index in [0.29, 0.717) is 17.0 Å². The van der Waals surface area contributed by atoms with Crippen molar-refractivity contribution >= 4 is 23.0 Å². The lowest BCUT2D eigenvalue weighted by molar-refractivity contribution is 0.463. The zero-order valence-corrected chi connectivity index (χ0v) is 11.7. The Hall–Kier alpha value is -2.14. The Bertz CT molecular complexity index is 582. The predicted molar refractivity (Wildman–Crippen MR) is 83.1 cm³/mol. The third kappa shape index (κ3) is 3.68.